The first kappa shape index (κ1) is 10.2. The number of nitriles is 1. The highest BCUT2D eigenvalue weighted by atomic mass is 32.1. The minimum Gasteiger partial charge on any atom is -0.312 e. The van der Waals surface area contributed by atoms with Crippen molar-refractivity contribution in [3.8, 4) is 6.07 Å². The lowest BCUT2D eigenvalue weighted by molar-refractivity contribution is 0.663. The summed E-state index contributed by atoms with van der Waals surface area (Å²) in [4.78, 5) is 2.73. The molecule has 0 aliphatic heterocycles. The summed E-state index contributed by atoms with van der Waals surface area (Å²) in [6.07, 6.45) is 1.59. The van der Waals surface area contributed by atoms with Gasteiger partial charge in [0.05, 0.1) is 6.07 Å². The number of unbranched alkanes of at least 4 members (excludes halogenated alkanes) is 1. The van der Waals surface area contributed by atoms with E-state index in [1.54, 1.807) is 0 Å². The van der Waals surface area contributed by atoms with Gasteiger partial charge in [-0.2, -0.15) is 5.26 Å². The van der Waals surface area contributed by atoms with Crippen LogP contribution in [0.3, 0.4) is 0 Å². The Balaban J connectivity index is 2.10. The lowest BCUT2D eigenvalue weighted by atomic mass is 10.3. The fraction of sp³-hybridized carbons (Fsp3) is 0.500. The van der Waals surface area contributed by atoms with E-state index in [4.69, 9.17) is 5.26 Å². The molecule has 0 amide bonds. The molecule has 1 aromatic rings. The molecule has 0 saturated carbocycles. The molecule has 0 fully saturated rings. The van der Waals surface area contributed by atoms with Crippen molar-refractivity contribution in [3.63, 3.8) is 0 Å². The molecular weight excluding hydrogens is 180 g/mol. The van der Waals surface area contributed by atoms with Gasteiger partial charge in [-0.1, -0.05) is 0 Å². The van der Waals surface area contributed by atoms with Gasteiger partial charge in [0, 0.05) is 22.7 Å². The van der Waals surface area contributed by atoms with Gasteiger partial charge in [0.2, 0.25) is 0 Å². The molecular formula is C10H14N2S. The number of hydrogen-bond donors (Lipinski definition) is 1. The van der Waals surface area contributed by atoms with Crippen molar-refractivity contribution < 1.29 is 0 Å². The van der Waals surface area contributed by atoms with Crippen LogP contribution in [-0.2, 0) is 6.54 Å². The average Bonchev–Trinajstić information content (AvgIpc) is 2.51. The number of rotatable bonds is 5. The summed E-state index contributed by atoms with van der Waals surface area (Å²) in [5.41, 5.74) is 0. The Morgan fingerprint density at radius 2 is 2.38 bits per heavy atom. The molecule has 1 aromatic heterocycles. The van der Waals surface area contributed by atoms with E-state index in [9.17, 15) is 0 Å². The van der Waals surface area contributed by atoms with E-state index in [0.29, 0.717) is 6.42 Å². The van der Waals surface area contributed by atoms with Crippen molar-refractivity contribution in [1.82, 2.24) is 5.32 Å². The van der Waals surface area contributed by atoms with Crippen LogP contribution in [-0.4, -0.2) is 6.54 Å². The maximum atomic E-state index is 8.31. The molecule has 2 nitrogen and oxygen atoms in total. The number of aryl methyl sites for hydroxylation is 1. The van der Waals surface area contributed by atoms with Gasteiger partial charge in [-0.3, -0.25) is 0 Å². The summed E-state index contributed by atoms with van der Waals surface area (Å²) < 4.78 is 0. The van der Waals surface area contributed by atoms with E-state index in [1.165, 1.54) is 9.75 Å². The van der Waals surface area contributed by atoms with E-state index >= 15 is 0 Å². The first-order chi connectivity index (χ1) is 6.33. The highest BCUT2D eigenvalue weighted by Crippen LogP contribution is 2.14. The van der Waals surface area contributed by atoms with Gasteiger partial charge in [-0.05, 0) is 32.0 Å². The largest absolute Gasteiger partial charge is 0.312 e. The van der Waals surface area contributed by atoms with Crippen molar-refractivity contribution in [1.29, 1.82) is 5.26 Å². The highest BCUT2D eigenvalue weighted by Gasteiger charge is 1.94. The molecule has 3 heteroatoms. The molecule has 0 spiro atoms. The van der Waals surface area contributed by atoms with Crippen LogP contribution in [0.4, 0.5) is 0 Å². The Bertz CT molecular complexity index is 285. The van der Waals surface area contributed by atoms with Gasteiger partial charge in [-0.15, -0.1) is 11.3 Å². The van der Waals surface area contributed by atoms with E-state index in [-0.39, 0.29) is 0 Å². The maximum Gasteiger partial charge on any atom is 0.0622 e. The zero-order chi connectivity index (χ0) is 9.52. The van der Waals surface area contributed by atoms with Gasteiger partial charge < -0.3 is 5.32 Å². The molecule has 0 saturated heterocycles. The zero-order valence-electron chi connectivity index (χ0n) is 7.84. The van der Waals surface area contributed by atoms with E-state index in [0.717, 1.165) is 19.5 Å². The summed E-state index contributed by atoms with van der Waals surface area (Å²) >= 11 is 1.82. The number of thiophene rings is 1. The molecule has 0 radical (unpaired) electrons. The predicted octanol–water partition coefficient (Wildman–Crippen LogP) is 2.45. The van der Waals surface area contributed by atoms with Crippen molar-refractivity contribution >= 4 is 11.3 Å². The van der Waals surface area contributed by atoms with Gasteiger partial charge in [0.25, 0.3) is 0 Å². The van der Waals surface area contributed by atoms with Crippen LogP contribution in [0.1, 0.15) is 22.6 Å². The number of hydrogen-bond acceptors (Lipinski definition) is 3. The van der Waals surface area contributed by atoms with Crippen LogP contribution in [0.2, 0.25) is 0 Å². The topological polar surface area (TPSA) is 35.8 Å². The standard InChI is InChI=1S/C10H14N2S/c1-9-4-5-10(13-9)8-12-7-3-2-6-11/h4-5,12H,2-3,7-8H2,1H3. The van der Waals surface area contributed by atoms with Gasteiger partial charge in [0.15, 0.2) is 0 Å². The molecule has 1 rings (SSSR count). The Morgan fingerprint density at radius 1 is 1.54 bits per heavy atom. The molecule has 0 unspecified atom stereocenters. The van der Waals surface area contributed by atoms with Crippen LogP contribution in [0, 0.1) is 18.3 Å². The van der Waals surface area contributed by atoms with Crippen molar-refractivity contribution in [2.45, 2.75) is 26.3 Å². The Morgan fingerprint density at radius 3 is 3.00 bits per heavy atom. The summed E-state index contributed by atoms with van der Waals surface area (Å²) in [6, 6.07) is 6.42. The summed E-state index contributed by atoms with van der Waals surface area (Å²) in [5, 5.41) is 11.6. The molecule has 1 heterocycles. The first-order valence-electron chi connectivity index (χ1n) is 4.46. The molecule has 0 aromatic carbocycles. The van der Waals surface area contributed by atoms with Gasteiger partial charge in [-0.25, -0.2) is 0 Å². The second-order valence-electron chi connectivity index (χ2n) is 2.95. The lowest BCUT2D eigenvalue weighted by Crippen LogP contribution is -2.13. The Kier molecular flexibility index (Phi) is 4.52. The Hall–Kier alpha value is -0.850. The van der Waals surface area contributed by atoms with E-state index < -0.39 is 0 Å². The average molecular weight is 194 g/mol. The van der Waals surface area contributed by atoms with Crippen LogP contribution >= 0.6 is 11.3 Å². The van der Waals surface area contributed by atoms with Crippen molar-refractivity contribution in [3.05, 3.63) is 21.9 Å². The monoisotopic (exact) mass is 194 g/mol. The second-order valence-corrected chi connectivity index (χ2v) is 4.32. The zero-order valence-corrected chi connectivity index (χ0v) is 8.66. The summed E-state index contributed by atoms with van der Waals surface area (Å²) in [7, 11) is 0. The molecule has 70 valence electrons. The van der Waals surface area contributed by atoms with Crippen LogP contribution in [0.5, 0.6) is 0 Å². The van der Waals surface area contributed by atoms with Gasteiger partial charge >= 0.3 is 0 Å². The minimum absolute atomic E-state index is 0.649. The second kappa shape index (κ2) is 5.74. The fourth-order valence-corrected chi connectivity index (χ4v) is 1.94. The number of nitrogens with zero attached hydrogens (tertiary/aromatic N) is 1. The highest BCUT2D eigenvalue weighted by molar-refractivity contribution is 7.11. The SMILES string of the molecule is Cc1ccc(CNCCCC#N)s1. The molecule has 13 heavy (non-hydrogen) atoms. The van der Waals surface area contributed by atoms with Gasteiger partial charge in [0.1, 0.15) is 0 Å². The third-order valence-corrected chi connectivity index (χ3v) is 2.74. The third kappa shape index (κ3) is 4.07. The quantitative estimate of drug-likeness (QED) is 0.731. The number of nitrogens with one attached hydrogen (secondary N) is 1. The lowest BCUT2D eigenvalue weighted by Gasteiger charge is -1.99. The molecule has 0 aliphatic rings. The van der Waals surface area contributed by atoms with Crippen molar-refractivity contribution in [2.75, 3.05) is 6.54 Å². The van der Waals surface area contributed by atoms with E-state index in [2.05, 4.69) is 30.4 Å². The minimum atomic E-state index is 0.649. The molecule has 1 N–H and O–H groups in total. The Labute approximate surface area is 83.2 Å². The third-order valence-electron chi connectivity index (χ3n) is 1.74. The smallest absolute Gasteiger partial charge is 0.0622 e. The van der Waals surface area contributed by atoms with Crippen molar-refractivity contribution in [2.24, 2.45) is 0 Å². The van der Waals surface area contributed by atoms with Crippen LogP contribution < -0.4 is 5.32 Å². The summed E-state index contributed by atoms with van der Waals surface area (Å²) in [5.74, 6) is 0. The fourth-order valence-electron chi connectivity index (χ4n) is 1.08. The normalized spacial score (nSPS) is 9.85. The first-order valence-corrected chi connectivity index (χ1v) is 5.27. The molecule has 0 atom stereocenters. The predicted molar refractivity (Wildman–Crippen MR) is 55.6 cm³/mol. The molecule has 0 bridgehead atoms. The maximum absolute atomic E-state index is 8.31. The van der Waals surface area contributed by atoms with Crippen LogP contribution in [0.15, 0.2) is 12.1 Å². The molecule has 0 aliphatic carbocycles. The van der Waals surface area contributed by atoms with Crippen LogP contribution in [0.25, 0.3) is 0 Å². The summed E-state index contributed by atoms with van der Waals surface area (Å²) in [6.45, 7) is 3.98. The van der Waals surface area contributed by atoms with E-state index in [1.807, 2.05) is 11.3 Å².